The number of rotatable bonds is 5. The fraction of sp³-hybridized carbons (Fsp3) is 0.342. The third-order valence-corrected chi connectivity index (χ3v) is 10.5. The molecule has 5 aliphatic rings. The molecule has 224 valence electrons. The Morgan fingerprint density at radius 2 is 1.55 bits per heavy atom. The van der Waals surface area contributed by atoms with Crippen LogP contribution in [0.3, 0.4) is 0 Å². The molecule has 1 unspecified atom stereocenters. The Balaban J connectivity index is 1.40. The number of benzene rings is 3. The first-order valence-corrected chi connectivity index (χ1v) is 15.8. The molecule has 0 N–H and O–H groups in total. The molecule has 0 spiro atoms. The summed E-state index contributed by atoms with van der Waals surface area (Å²) in [5, 5.41) is 1.83. The quantitative estimate of drug-likeness (QED) is 0.326. The molecule has 2 aliphatic heterocycles. The first-order valence-electron chi connectivity index (χ1n) is 15.8. The molecule has 6 nitrogen and oxygen atoms in total. The number of ether oxygens (including phenoxy) is 4. The Hall–Kier alpha value is -4.13. The molecule has 3 aromatic rings. The average molecular weight is 588 g/mol. The lowest BCUT2D eigenvalue weighted by Crippen LogP contribution is -2.50. The molecule has 0 amide bonds. The molecule has 8 rings (SSSR count). The standard InChI is InChI=1S/C38H37NO5/c1-41-27-22-31-33-28-10-6-7-11-29(28)36(40)34(33)30-16-17-32(42-2)38(24-8-4-3-5-9-24,35(30)37(31)44-23-27)25-12-14-26(15-13-25)39-18-20-43-21-19-39/h3-11,16-17,22-23,25-26H,12-15,18-21H2,1-2H3. The molecule has 44 heavy (non-hydrogen) atoms. The van der Waals surface area contributed by atoms with Crippen LogP contribution in [0, 0.1) is 5.92 Å². The molecule has 0 bridgehead atoms. The zero-order chi connectivity index (χ0) is 29.8. The lowest BCUT2D eigenvalue weighted by molar-refractivity contribution is 0.00146. The predicted molar refractivity (Wildman–Crippen MR) is 170 cm³/mol. The van der Waals surface area contributed by atoms with Gasteiger partial charge >= 0.3 is 0 Å². The molecule has 1 atom stereocenters. The minimum Gasteiger partial charge on any atom is -0.500 e. The summed E-state index contributed by atoms with van der Waals surface area (Å²) in [6, 6.07) is 19.2. The van der Waals surface area contributed by atoms with E-state index in [1.165, 1.54) is 0 Å². The Morgan fingerprint density at radius 3 is 2.27 bits per heavy atom. The second kappa shape index (κ2) is 10.8. The third-order valence-electron chi connectivity index (χ3n) is 10.5. The van der Waals surface area contributed by atoms with Gasteiger partial charge in [-0.05, 0) is 60.1 Å². The van der Waals surface area contributed by atoms with Crippen LogP contribution in [0.1, 0.15) is 52.7 Å². The van der Waals surface area contributed by atoms with Gasteiger partial charge in [-0.1, -0.05) is 60.7 Å². The summed E-state index contributed by atoms with van der Waals surface area (Å²) >= 11 is 0. The number of fused-ring (bicyclic) bond motifs is 8. The maximum Gasteiger partial charge on any atom is 0.194 e. The molecule has 2 fully saturated rings. The highest BCUT2D eigenvalue weighted by molar-refractivity contribution is 6.22. The Bertz CT molecular complexity index is 1830. The SMILES string of the molecule is COC1=COc2c3c(c4c(c2=C1)-c1ccccc1C4=O)=CC=C(OC)C3(c1ccccc1)C1CCC(N2CCOCC2)CC1. The maximum absolute atomic E-state index is 14.3. The largest absolute Gasteiger partial charge is 0.500 e. The van der Waals surface area contributed by atoms with Gasteiger partial charge in [-0.25, -0.2) is 0 Å². The van der Waals surface area contributed by atoms with Crippen LogP contribution in [-0.4, -0.2) is 57.2 Å². The first kappa shape index (κ1) is 27.4. The topological polar surface area (TPSA) is 57.2 Å². The van der Waals surface area contributed by atoms with Crippen molar-refractivity contribution in [2.24, 2.45) is 5.92 Å². The number of allylic oxidation sites excluding steroid dienone is 3. The number of nitrogens with zero attached hydrogens (tertiary/aromatic N) is 1. The normalized spacial score (nSPS) is 25.5. The van der Waals surface area contributed by atoms with Crippen molar-refractivity contribution >= 4 is 17.9 Å². The van der Waals surface area contributed by atoms with Crippen LogP contribution in [0.4, 0.5) is 0 Å². The van der Waals surface area contributed by atoms with Crippen LogP contribution in [0.25, 0.3) is 23.3 Å². The van der Waals surface area contributed by atoms with Crippen molar-refractivity contribution in [3.8, 4) is 16.9 Å². The summed E-state index contributed by atoms with van der Waals surface area (Å²) in [5.41, 5.74) is 4.87. The van der Waals surface area contributed by atoms with Crippen LogP contribution in [0.5, 0.6) is 5.75 Å². The van der Waals surface area contributed by atoms with Gasteiger partial charge in [-0.3, -0.25) is 9.69 Å². The first-order chi connectivity index (χ1) is 21.7. The number of ketones is 1. The van der Waals surface area contributed by atoms with E-state index < -0.39 is 5.41 Å². The number of carbonyl (C=O) groups excluding carboxylic acids is 1. The number of hydrogen-bond acceptors (Lipinski definition) is 6. The van der Waals surface area contributed by atoms with Crippen LogP contribution < -0.4 is 15.2 Å². The Morgan fingerprint density at radius 1 is 0.818 bits per heavy atom. The van der Waals surface area contributed by atoms with Crippen molar-refractivity contribution in [3.05, 3.63) is 111 Å². The zero-order valence-corrected chi connectivity index (χ0v) is 25.3. The van der Waals surface area contributed by atoms with E-state index in [1.54, 1.807) is 20.5 Å². The molecule has 2 heterocycles. The van der Waals surface area contributed by atoms with Gasteiger partial charge in [0, 0.05) is 46.6 Å². The van der Waals surface area contributed by atoms with E-state index >= 15 is 0 Å². The third kappa shape index (κ3) is 3.90. The number of morpholine rings is 1. The van der Waals surface area contributed by atoms with Gasteiger partial charge in [0.15, 0.2) is 11.5 Å². The van der Waals surface area contributed by atoms with E-state index in [0.717, 1.165) is 107 Å². The molecule has 0 aromatic heterocycles. The van der Waals surface area contributed by atoms with Gasteiger partial charge in [0.2, 0.25) is 0 Å². The summed E-state index contributed by atoms with van der Waals surface area (Å²) in [7, 11) is 3.42. The van der Waals surface area contributed by atoms with E-state index in [0.29, 0.717) is 11.8 Å². The summed E-state index contributed by atoms with van der Waals surface area (Å²) in [6.45, 7) is 3.62. The van der Waals surface area contributed by atoms with E-state index in [4.69, 9.17) is 18.9 Å². The van der Waals surface area contributed by atoms with Crippen LogP contribution in [0.2, 0.25) is 0 Å². The minimum absolute atomic E-state index is 0.0556. The molecule has 6 heteroatoms. The molecule has 1 saturated carbocycles. The molecule has 3 aromatic carbocycles. The van der Waals surface area contributed by atoms with Crippen molar-refractivity contribution in [1.29, 1.82) is 0 Å². The minimum atomic E-state index is -0.642. The Labute approximate surface area is 257 Å². The highest BCUT2D eigenvalue weighted by Gasteiger charge is 2.52. The molecular formula is C38H37NO5. The van der Waals surface area contributed by atoms with Crippen LogP contribution in [0.15, 0.2) is 78.5 Å². The van der Waals surface area contributed by atoms with E-state index in [1.807, 2.05) is 30.3 Å². The lowest BCUT2D eigenvalue weighted by Gasteiger charge is -2.48. The number of hydrogen-bond donors (Lipinski definition) is 0. The summed E-state index contributed by atoms with van der Waals surface area (Å²) in [5.74, 6) is 2.58. The number of methoxy groups -OCH3 is 2. The molecular weight excluding hydrogens is 550 g/mol. The Kier molecular flexibility index (Phi) is 6.73. The van der Waals surface area contributed by atoms with E-state index in [-0.39, 0.29) is 11.7 Å². The fourth-order valence-corrected chi connectivity index (χ4v) is 8.62. The second-order valence-corrected chi connectivity index (χ2v) is 12.4. The smallest absolute Gasteiger partial charge is 0.194 e. The van der Waals surface area contributed by atoms with Gasteiger partial charge in [0.05, 0.1) is 32.8 Å². The van der Waals surface area contributed by atoms with Gasteiger partial charge in [0.1, 0.15) is 17.8 Å². The van der Waals surface area contributed by atoms with Crippen molar-refractivity contribution in [3.63, 3.8) is 0 Å². The molecule has 3 aliphatic carbocycles. The predicted octanol–water partition coefficient (Wildman–Crippen LogP) is 5.06. The maximum atomic E-state index is 14.3. The summed E-state index contributed by atoms with van der Waals surface area (Å²) in [4.78, 5) is 16.9. The summed E-state index contributed by atoms with van der Waals surface area (Å²) < 4.78 is 24.3. The second-order valence-electron chi connectivity index (χ2n) is 12.4. The van der Waals surface area contributed by atoms with Gasteiger partial charge in [0.25, 0.3) is 0 Å². The van der Waals surface area contributed by atoms with Crippen molar-refractivity contribution < 1.29 is 23.7 Å². The lowest BCUT2D eigenvalue weighted by atomic mass is 9.57. The van der Waals surface area contributed by atoms with Gasteiger partial charge in [-0.2, -0.15) is 0 Å². The monoisotopic (exact) mass is 587 g/mol. The average Bonchev–Trinajstić information content (AvgIpc) is 3.40. The number of carbonyl (C=O) groups is 1. The van der Waals surface area contributed by atoms with Crippen molar-refractivity contribution in [2.45, 2.75) is 37.1 Å². The van der Waals surface area contributed by atoms with Crippen molar-refractivity contribution in [1.82, 2.24) is 4.90 Å². The molecule has 1 saturated heterocycles. The van der Waals surface area contributed by atoms with Gasteiger partial charge < -0.3 is 18.9 Å². The van der Waals surface area contributed by atoms with E-state index in [2.05, 4.69) is 47.4 Å². The molecule has 0 radical (unpaired) electrons. The van der Waals surface area contributed by atoms with Crippen molar-refractivity contribution in [2.75, 3.05) is 40.5 Å². The van der Waals surface area contributed by atoms with Crippen LogP contribution >= 0.6 is 0 Å². The van der Waals surface area contributed by atoms with E-state index in [9.17, 15) is 4.79 Å². The highest BCUT2D eigenvalue weighted by atomic mass is 16.5. The van der Waals surface area contributed by atoms with Gasteiger partial charge in [-0.15, -0.1) is 0 Å². The van der Waals surface area contributed by atoms with Crippen LogP contribution in [-0.2, 0) is 19.6 Å². The highest BCUT2D eigenvalue weighted by Crippen LogP contribution is 2.54. The zero-order valence-electron chi connectivity index (χ0n) is 25.3. The summed E-state index contributed by atoms with van der Waals surface area (Å²) in [6.07, 6.45) is 12.2. The fourth-order valence-electron chi connectivity index (χ4n) is 8.62.